The van der Waals surface area contributed by atoms with Crippen LogP contribution in [-0.2, 0) is 10.9 Å². The third-order valence-electron chi connectivity index (χ3n) is 1.34. The van der Waals surface area contributed by atoms with Crippen molar-refractivity contribution in [3.8, 4) is 0 Å². The fourth-order valence-corrected chi connectivity index (χ4v) is 0.784. The lowest BCUT2D eigenvalue weighted by atomic mass is 10.2. The Morgan fingerprint density at radius 2 is 2.29 bits per heavy atom. The van der Waals surface area contributed by atoms with E-state index < -0.39 is 23.4 Å². The molecule has 0 amide bonds. The Morgan fingerprint density at radius 1 is 1.64 bits per heavy atom. The van der Waals surface area contributed by atoms with E-state index in [-0.39, 0.29) is 6.61 Å². The summed E-state index contributed by atoms with van der Waals surface area (Å²) in [7, 11) is 0. The van der Waals surface area contributed by atoms with Crippen molar-refractivity contribution in [2.75, 3.05) is 6.61 Å². The molecule has 0 saturated carbocycles. The summed E-state index contributed by atoms with van der Waals surface area (Å²) < 4.78 is 45.0. The first-order valence-electron chi connectivity index (χ1n) is 3.65. The number of hydrogen-bond donors (Lipinski definition) is 0. The topological polar surface area (TPSA) is 52.3 Å². The van der Waals surface area contributed by atoms with Crippen LogP contribution in [0.4, 0.5) is 13.2 Å². The van der Waals surface area contributed by atoms with Gasteiger partial charge in [0, 0.05) is 0 Å². The zero-order valence-electron chi connectivity index (χ0n) is 7.09. The Kier molecular flexibility index (Phi) is 2.78. The van der Waals surface area contributed by atoms with E-state index in [2.05, 4.69) is 14.4 Å². The standard InChI is InChI=1S/C7H6F3NO3/c1-2-13-6(12)5-4(3-14-11-5)7(8,9)10/h3H,2H2,1H3. The number of nitrogens with zero attached hydrogens (tertiary/aromatic N) is 1. The highest BCUT2D eigenvalue weighted by Gasteiger charge is 2.39. The number of carbonyl (C=O) groups excluding carboxylic acids is 1. The molecule has 0 bridgehead atoms. The molecule has 0 aromatic carbocycles. The summed E-state index contributed by atoms with van der Waals surface area (Å²) in [5.74, 6) is -1.14. The molecule has 4 nitrogen and oxygen atoms in total. The minimum absolute atomic E-state index is 0.0248. The van der Waals surface area contributed by atoms with Crippen molar-refractivity contribution < 1.29 is 27.2 Å². The Bertz CT molecular complexity index is 331. The number of rotatable bonds is 2. The summed E-state index contributed by atoms with van der Waals surface area (Å²) in [5, 5.41) is 2.93. The van der Waals surface area contributed by atoms with E-state index in [0.717, 1.165) is 0 Å². The predicted octanol–water partition coefficient (Wildman–Crippen LogP) is 1.87. The van der Waals surface area contributed by atoms with E-state index in [0.29, 0.717) is 6.26 Å². The molecule has 0 aliphatic heterocycles. The molecule has 1 aromatic rings. The van der Waals surface area contributed by atoms with E-state index in [1.54, 1.807) is 0 Å². The van der Waals surface area contributed by atoms with Crippen LogP contribution >= 0.6 is 0 Å². The van der Waals surface area contributed by atoms with E-state index in [4.69, 9.17) is 0 Å². The van der Waals surface area contributed by atoms with E-state index in [1.807, 2.05) is 0 Å². The van der Waals surface area contributed by atoms with E-state index >= 15 is 0 Å². The van der Waals surface area contributed by atoms with Crippen LogP contribution in [0.25, 0.3) is 0 Å². The number of halogens is 3. The van der Waals surface area contributed by atoms with Gasteiger partial charge in [-0.1, -0.05) is 5.16 Å². The fraction of sp³-hybridized carbons (Fsp3) is 0.429. The maximum Gasteiger partial charge on any atom is 0.421 e. The van der Waals surface area contributed by atoms with Gasteiger partial charge in [0.1, 0.15) is 11.8 Å². The minimum atomic E-state index is -4.66. The molecule has 0 saturated heterocycles. The quantitative estimate of drug-likeness (QED) is 0.697. The van der Waals surface area contributed by atoms with Gasteiger partial charge in [-0.3, -0.25) is 0 Å². The SMILES string of the molecule is CCOC(=O)c1nocc1C(F)(F)F. The lowest BCUT2D eigenvalue weighted by Crippen LogP contribution is -2.13. The third-order valence-corrected chi connectivity index (χ3v) is 1.34. The van der Waals surface area contributed by atoms with Crippen LogP contribution in [0.2, 0.25) is 0 Å². The van der Waals surface area contributed by atoms with Crippen LogP contribution in [0.5, 0.6) is 0 Å². The molecule has 0 radical (unpaired) electrons. The van der Waals surface area contributed by atoms with Gasteiger partial charge in [-0.2, -0.15) is 13.2 Å². The first-order valence-corrected chi connectivity index (χ1v) is 3.65. The molecule has 0 atom stereocenters. The fourth-order valence-electron chi connectivity index (χ4n) is 0.784. The number of aromatic nitrogens is 1. The van der Waals surface area contributed by atoms with Gasteiger partial charge in [-0.05, 0) is 6.92 Å². The molecule has 0 fully saturated rings. The highest BCUT2D eigenvalue weighted by Crippen LogP contribution is 2.31. The number of ether oxygens (including phenoxy) is 1. The minimum Gasteiger partial charge on any atom is -0.461 e. The molecule has 14 heavy (non-hydrogen) atoms. The molecule has 0 unspecified atom stereocenters. The van der Waals surface area contributed by atoms with Crippen molar-refractivity contribution in [3.63, 3.8) is 0 Å². The molecular formula is C7H6F3NO3. The lowest BCUT2D eigenvalue weighted by molar-refractivity contribution is -0.138. The van der Waals surface area contributed by atoms with Gasteiger partial charge in [0.05, 0.1) is 6.61 Å². The molecule has 0 spiro atoms. The van der Waals surface area contributed by atoms with Gasteiger partial charge in [-0.25, -0.2) is 4.79 Å². The third kappa shape index (κ3) is 2.04. The molecule has 7 heteroatoms. The Morgan fingerprint density at radius 3 is 2.79 bits per heavy atom. The van der Waals surface area contributed by atoms with Crippen LogP contribution in [0.1, 0.15) is 23.0 Å². The highest BCUT2D eigenvalue weighted by atomic mass is 19.4. The van der Waals surface area contributed by atoms with Crippen LogP contribution in [-0.4, -0.2) is 17.7 Å². The van der Waals surface area contributed by atoms with Crippen LogP contribution in [0.3, 0.4) is 0 Å². The number of hydrogen-bond acceptors (Lipinski definition) is 4. The average molecular weight is 209 g/mol. The Balaban J connectivity index is 2.99. The maximum absolute atomic E-state index is 12.2. The molecule has 0 N–H and O–H groups in total. The van der Waals surface area contributed by atoms with Gasteiger partial charge in [-0.15, -0.1) is 0 Å². The number of esters is 1. The van der Waals surface area contributed by atoms with Gasteiger partial charge in [0.2, 0.25) is 5.69 Å². The molecule has 1 rings (SSSR count). The molecule has 78 valence electrons. The molecular weight excluding hydrogens is 203 g/mol. The summed E-state index contributed by atoms with van der Waals surface area (Å²) in [6.45, 7) is 1.45. The monoisotopic (exact) mass is 209 g/mol. The molecule has 1 aromatic heterocycles. The van der Waals surface area contributed by atoms with Crippen LogP contribution < -0.4 is 0 Å². The van der Waals surface area contributed by atoms with Crippen molar-refractivity contribution in [2.24, 2.45) is 0 Å². The summed E-state index contributed by atoms with van der Waals surface area (Å²) in [4.78, 5) is 10.9. The number of alkyl halides is 3. The zero-order valence-corrected chi connectivity index (χ0v) is 7.09. The number of carbonyl (C=O) groups is 1. The van der Waals surface area contributed by atoms with Crippen molar-refractivity contribution in [1.29, 1.82) is 0 Å². The van der Waals surface area contributed by atoms with Crippen LogP contribution in [0, 0.1) is 0 Å². The summed E-state index contributed by atoms with van der Waals surface area (Å²) in [5.41, 5.74) is -2.07. The van der Waals surface area contributed by atoms with Gasteiger partial charge in [0.15, 0.2) is 0 Å². The molecule has 0 aliphatic carbocycles. The van der Waals surface area contributed by atoms with Gasteiger partial charge >= 0.3 is 12.1 Å². The molecule has 0 aliphatic rings. The summed E-state index contributed by atoms with van der Waals surface area (Å²) in [6, 6.07) is 0. The van der Waals surface area contributed by atoms with E-state index in [1.165, 1.54) is 6.92 Å². The second-order valence-electron chi connectivity index (χ2n) is 2.30. The second kappa shape index (κ2) is 3.69. The van der Waals surface area contributed by atoms with Gasteiger partial charge in [0.25, 0.3) is 0 Å². The summed E-state index contributed by atoms with van der Waals surface area (Å²) in [6.07, 6.45) is -4.30. The zero-order chi connectivity index (χ0) is 10.8. The first kappa shape index (κ1) is 10.6. The predicted molar refractivity (Wildman–Crippen MR) is 37.5 cm³/mol. The van der Waals surface area contributed by atoms with Crippen molar-refractivity contribution in [3.05, 3.63) is 17.5 Å². The average Bonchev–Trinajstić information content (AvgIpc) is 2.50. The first-order chi connectivity index (χ1) is 6.46. The lowest BCUT2D eigenvalue weighted by Gasteiger charge is -2.03. The van der Waals surface area contributed by atoms with Gasteiger partial charge < -0.3 is 9.26 Å². The van der Waals surface area contributed by atoms with Crippen LogP contribution in [0.15, 0.2) is 10.8 Å². The smallest absolute Gasteiger partial charge is 0.421 e. The van der Waals surface area contributed by atoms with Crippen molar-refractivity contribution in [2.45, 2.75) is 13.1 Å². The van der Waals surface area contributed by atoms with Crippen molar-refractivity contribution >= 4 is 5.97 Å². The Labute approximate surface area is 76.6 Å². The molecule has 1 heterocycles. The summed E-state index contributed by atoms with van der Waals surface area (Å²) >= 11 is 0. The van der Waals surface area contributed by atoms with Crippen molar-refractivity contribution in [1.82, 2.24) is 5.16 Å². The van der Waals surface area contributed by atoms with E-state index in [9.17, 15) is 18.0 Å². The normalized spacial score (nSPS) is 11.4. The largest absolute Gasteiger partial charge is 0.461 e. The highest BCUT2D eigenvalue weighted by molar-refractivity contribution is 5.88. The maximum atomic E-state index is 12.2. The Hall–Kier alpha value is -1.53. The second-order valence-corrected chi connectivity index (χ2v) is 2.30.